The largest absolute Gasteiger partial charge is 0.337 e. The quantitative estimate of drug-likeness (QED) is 0.694. The number of halogens is 1. The van der Waals surface area contributed by atoms with E-state index in [4.69, 9.17) is 11.6 Å². The number of carbonyl (C=O) groups excluding carboxylic acids is 1. The van der Waals surface area contributed by atoms with Gasteiger partial charge < -0.3 is 4.90 Å². The molecule has 1 aliphatic heterocycles. The predicted molar refractivity (Wildman–Crippen MR) is 113 cm³/mol. The van der Waals surface area contributed by atoms with Crippen LogP contribution in [0.2, 0.25) is 4.34 Å². The van der Waals surface area contributed by atoms with Crippen molar-refractivity contribution in [2.75, 3.05) is 20.1 Å². The van der Waals surface area contributed by atoms with Crippen molar-refractivity contribution in [2.24, 2.45) is 11.8 Å². The first-order valence-electron chi connectivity index (χ1n) is 9.26. The van der Waals surface area contributed by atoms with E-state index in [1.807, 2.05) is 6.07 Å². The summed E-state index contributed by atoms with van der Waals surface area (Å²) >= 11 is 7.37. The van der Waals surface area contributed by atoms with Crippen molar-refractivity contribution in [3.63, 3.8) is 0 Å². The van der Waals surface area contributed by atoms with E-state index in [-0.39, 0.29) is 10.8 Å². The van der Waals surface area contributed by atoms with Crippen LogP contribution in [0.25, 0.3) is 0 Å². The monoisotopic (exact) mass is 440 g/mol. The van der Waals surface area contributed by atoms with Gasteiger partial charge in [-0.2, -0.15) is 4.31 Å². The van der Waals surface area contributed by atoms with Crippen LogP contribution < -0.4 is 0 Å². The Bertz CT molecular complexity index is 948. The van der Waals surface area contributed by atoms with Gasteiger partial charge in [-0.3, -0.25) is 4.79 Å². The lowest BCUT2D eigenvalue weighted by Gasteiger charge is -2.34. The van der Waals surface area contributed by atoms with Crippen molar-refractivity contribution < 1.29 is 13.2 Å². The van der Waals surface area contributed by atoms with Gasteiger partial charge in [0.2, 0.25) is 10.0 Å². The lowest BCUT2D eigenvalue weighted by Crippen LogP contribution is -2.42. The highest BCUT2D eigenvalue weighted by molar-refractivity contribution is 7.89. The van der Waals surface area contributed by atoms with Gasteiger partial charge in [0.05, 0.1) is 15.8 Å². The lowest BCUT2D eigenvalue weighted by atomic mass is 9.94. The van der Waals surface area contributed by atoms with Gasteiger partial charge in [0.1, 0.15) is 0 Å². The van der Waals surface area contributed by atoms with E-state index in [1.165, 1.54) is 17.4 Å². The average Bonchev–Trinajstić information content (AvgIpc) is 3.05. The molecule has 152 valence electrons. The van der Waals surface area contributed by atoms with Gasteiger partial charge in [0.25, 0.3) is 5.91 Å². The molecule has 1 fully saturated rings. The molecule has 3 rings (SSSR count). The molecule has 0 aliphatic carbocycles. The summed E-state index contributed by atoms with van der Waals surface area (Å²) < 4.78 is 28.4. The number of rotatable bonds is 5. The van der Waals surface area contributed by atoms with Gasteiger partial charge in [0, 0.05) is 30.6 Å². The number of carbonyl (C=O) groups is 1. The molecular weight excluding hydrogens is 416 g/mol. The number of thiophene rings is 1. The second-order valence-corrected chi connectivity index (χ2v) is 11.4. The van der Waals surface area contributed by atoms with Crippen LogP contribution in [-0.2, 0) is 16.6 Å². The number of sulfonamides is 1. The Morgan fingerprint density at radius 1 is 1.21 bits per heavy atom. The number of amides is 1. The average molecular weight is 441 g/mol. The fourth-order valence-electron chi connectivity index (χ4n) is 3.70. The Balaban J connectivity index is 1.80. The number of nitrogens with zero attached hydrogens (tertiary/aromatic N) is 2. The minimum Gasteiger partial charge on any atom is -0.337 e. The van der Waals surface area contributed by atoms with E-state index < -0.39 is 10.0 Å². The van der Waals surface area contributed by atoms with Gasteiger partial charge in [-0.05, 0) is 48.6 Å². The summed E-state index contributed by atoms with van der Waals surface area (Å²) in [5.74, 6) is 0.432. The van der Waals surface area contributed by atoms with E-state index in [0.29, 0.717) is 41.4 Å². The summed E-state index contributed by atoms with van der Waals surface area (Å²) in [6.07, 6.45) is 1.03. The molecule has 28 heavy (non-hydrogen) atoms. The van der Waals surface area contributed by atoms with Crippen LogP contribution in [0, 0.1) is 11.8 Å². The van der Waals surface area contributed by atoms with Crippen LogP contribution in [-0.4, -0.2) is 43.7 Å². The third-order valence-electron chi connectivity index (χ3n) is 4.92. The highest BCUT2D eigenvalue weighted by Crippen LogP contribution is 2.27. The van der Waals surface area contributed by atoms with Gasteiger partial charge in [0.15, 0.2) is 0 Å². The third-order valence-corrected chi connectivity index (χ3v) is 7.97. The Labute approximate surface area is 176 Å². The van der Waals surface area contributed by atoms with Gasteiger partial charge in [-0.25, -0.2) is 8.42 Å². The second-order valence-electron chi connectivity index (χ2n) is 7.66. The smallest absolute Gasteiger partial charge is 0.253 e. The molecule has 0 saturated carbocycles. The zero-order valence-corrected chi connectivity index (χ0v) is 18.6. The number of piperidine rings is 1. The fourth-order valence-corrected chi connectivity index (χ4v) is 6.57. The maximum Gasteiger partial charge on any atom is 0.253 e. The Morgan fingerprint density at radius 3 is 2.50 bits per heavy atom. The molecule has 0 radical (unpaired) electrons. The van der Waals surface area contributed by atoms with Gasteiger partial charge in [-0.15, -0.1) is 11.3 Å². The summed E-state index contributed by atoms with van der Waals surface area (Å²) in [6.45, 7) is 5.61. The van der Waals surface area contributed by atoms with Crippen molar-refractivity contribution in [3.8, 4) is 0 Å². The molecule has 1 aliphatic rings. The summed E-state index contributed by atoms with van der Waals surface area (Å²) in [7, 11) is -1.92. The third kappa shape index (κ3) is 4.76. The van der Waals surface area contributed by atoms with Crippen LogP contribution in [0.15, 0.2) is 41.3 Å². The van der Waals surface area contributed by atoms with E-state index in [0.717, 1.165) is 11.3 Å². The minimum atomic E-state index is -3.62. The topological polar surface area (TPSA) is 57.7 Å². The molecular formula is C20H25ClN2O3S2. The molecule has 2 heterocycles. The molecule has 1 saturated heterocycles. The SMILES string of the molecule is CC1CC(C)CN(S(=O)(=O)c2cccc(C(=O)N(C)Cc3ccc(Cl)s3)c2)C1. The second kappa shape index (κ2) is 8.53. The first-order chi connectivity index (χ1) is 13.2. The predicted octanol–water partition coefficient (Wildman–Crippen LogP) is 4.34. The highest BCUT2D eigenvalue weighted by Gasteiger charge is 2.32. The summed E-state index contributed by atoms with van der Waals surface area (Å²) in [5, 5.41) is 0. The van der Waals surface area contributed by atoms with E-state index in [9.17, 15) is 13.2 Å². The Hall–Kier alpha value is -1.41. The standard InChI is InChI=1S/C20H25ClN2O3S2/c1-14-9-15(2)12-23(11-14)28(25,26)18-6-4-5-16(10-18)20(24)22(3)13-17-7-8-19(21)27-17/h4-8,10,14-15H,9,11-13H2,1-3H3. The lowest BCUT2D eigenvalue weighted by molar-refractivity contribution is 0.0786. The Morgan fingerprint density at radius 2 is 1.89 bits per heavy atom. The summed E-state index contributed by atoms with van der Waals surface area (Å²) in [5.41, 5.74) is 0.365. The van der Waals surface area contributed by atoms with Gasteiger partial charge >= 0.3 is 0 Å². The van der Waals surface area contributed by atoms with Crippen molar-refractivity contribution >= 4 is 38.9 Å². The summed E-state index contributed by atoms with van der Waals surface area (Å²) in [6, 6.07) is 10.0. The maximum absolute atomic E-state index is 13.1. The molecule has 1 amide bonds. The van der Waals surface area contributed by atoms with Crippen LogP contribution in [0.3, 0.4) is 0 Å². The van der Waals surface area contributed by atoms with Crippen LogP contribution in [0.5, 0.6) is 0 Å². The molecule has 0 N–H and O–H groups in total. The molecule has 1 aromatic heterocycles. The van der Waals surface area contributed by atoms with Crippen molar-refractivity contribution in [1.29, 1.82) is 0 Å². The van der Waals surface area contributed by atoms with Crippen molar-refractivity contribution in [1.82, 2.24) is 9.21 Å². The number of hydrogen-bond donors (Lipinski definition) is 0. The summed E-state index contributed by atoms with van der Waals surface area (Å²) in [4.78, 5) is 15.5. The zero-order chi connectivity index (χ0) is 20.5. The number of hydrogen-bond acceptors (Lipinski definition) is 4. The normalized spacial score (nSPS) is 20.9. The molecule has 5 nitrogen and oxygen atoms in total. The molecule has 8 heteroatoms. The van der Waals surface area contributed by atoms with E-state index in [1.54, 1.807) is 40.5 Å². The van der Waals surface area contributed by atoms with E-state index >= 15 is 0 Å². The first kappa shape index (κ1) is 21.3. The van der Waals surface area contributed by atoms with Crippen LogP contribution >= 0.6 is 22.9 Å². The van der Waals surface area contributed by atoms with Crippen LogP contribution in [0.1, 0.15) is 35.5 Å². The maximum atomic E-state index is 13.1. The molecule has 2 unspecified atom stereocenters. The number of benzene rings is 1. The zero-order valence-electron chi connectivity index (χ0n) is 16.3. The minimum absolute atomic E-state index is 0.173. The first-order valence-corrected chi connectivity index (χ1v) is 11.9. The molecule has 0 spiro atoms. The molecule has 0 bridgehead atoms. The fraction of sp³-hybridized carbons (Fsp3) is 0.450. The highest BCUT2D eigenvalue weighted by atomic mass is 35.5. The molecule has 1 aromatic carbocycles. The van der Waals surface area contributed by atoms with E-state index in [2.05, 4.69) is 13.8 Å². The van der Waals surface area contributed by atoms with Crippen molar-refractivity contribution in [3.05, 3.63) is 51.2 Å². The van der Waals surface area contributed by atoms with Gasteiger partial charge in [-0.1, -0.05) is 31.5 Å². The van der Waals surface area contributed by atoms with Crippen LogP contribution in [0.4, 0.5) is 0 Å². The molecule has 2 aromatic rings. The molecule has 2 atom stereocenters. The Kier molecular flexibility index (Phi) is 6.49. The van der Waals surface area contributed by atoms with Crippen molar-refractivity contribution in [2.45, 2.75) is 31.7 Å².